The van der Waals surface area contributed by atoms with Gasteiger partial charge in [-0.2, -0.15) is 0 Å². The molecule has 1 aliphatic rings. The average Bonchev–Trinajstić information content (AvgIpc) is 3.30. The molecule has 2 N–H and O–H groups in total. The molecule has 1 atom stereocenters. The van der Waals surface area contributed by atoms with Gasteiger partial charge in [-0.15, -0.1) is 0 Å². The predicted octanol–water partition coefficient (Wildman–Crippen LogP) is 4.80. The van der Waals surface area contributed by atoms with E-state index in [0.717, 1.165) is 15.5 Å². The summed E-state index contributed by atoms with van der Waals surface area (Å²) >= 11 is 1.50. The Labute approximate surface area is 196 Å². The fourth-order valence-corrected chi connectivity index (χ4v) is 4.81. The molecule has 0 fully saturated rings. The van der Waals surface area contributed by atoms with Gasteiger partial charge in [-0.25, -0.2) is 0 Å². The molecule has 33 heavy (non-hydrogen) atoms. The molecule has 0 unspecified atom stereocenters. The molecular formula is C25H25N3O4S. The number of benzene rings is 2. The first-order valence-electron chi connectivity index (χ1n) is 10.8. The maximum absolute atomic E-state index is 13.1. The third-order valence-corrected chi connectivity index (χ3v) is 6.52. The van der Waals surface area contributed by atoms with E-state index >= 15 is 0 Å². The zero-order chi connectivity index (χ0) is 23.5. The number of hydrogen-bond acceptors (Lipinski definition) is 5. The Morgan fingerprint density at radius 1 is 1.06 bits per heavy atom. The molecule has 2 aromatic carbocycles. The summed E-state index contributed by atoms with van der Waals surface area (Å²) in [7, 11) is 0. The third-order valence-electron chi connectivity index (χ3n) is 5.40. The van der Waals surface area contributed by atoms with Gasteiger partial charge in [0.1, 0.15) is 6.04 Å². The predicted molar refractivity (Wildman–Crippen MR) is 128 cm³/mol. The molecule has 1 aromatic heterocycles. The minimum Gasteiger partial charge on any atom is -0.459 e. The van der Waals surface area contributed by atoms with Crippen molar-refractivity contribution in [1.82, 2.24) is 5.32 Å². The van der Waals surface area contributed by atoms with Gasteiger partial charge in [0.15, 0.2) is 5.76 Å². The molecule has 2 heterocycles. The smallest absolute Gasteiger partial charge is 0.287 e. The Bertz CT molecular complexity index is 1190. The second-order valence-corrected chi connectivity index (χ2v) is 9.08. The molecule has 170 valence electrons. The van der Waals surface area contributed by atoms with Gasteiger partial charge >= 0.3 is 0 Å². The quantitative estimate of drug-likeness (QED) is 0.548. The van der Waals surface area contributed by atoms with E-state index in [9.17, 15) is 14.4 Å². The number of anilines is 2. The standard InChI is InChI=1S/C25H25N3O4S/c1-4-28-18-12-11-16(14-21(18)33-20-10-6-5-8-17(20)25(28)31)26-24(30)22(15(2)3)27-23(29)19-9-7-13-32-19/h5-15,22H,4H2,1-3H3,(H,26,30)(H,27,29)/t22-/m0/s1. The van der Waals surface area contributed by atoms with Gasteiger partial charge in [-0.3, -0.25) is 14.4 Å². The van der Waals surface area contributed by atoms with Crippen LogP contribution in [0.2, 0.25) is 0 Å². The third kappa shape index (κ3) is 4.66. The minimum absolute atomic E-state index is 0.0448. The molecule has 7 nitrogen and oxygen atoms in total. The second kappa shape index (κ2) is 9.54. The summed E-state index contributed by atoms with van der Waals surface area (Å²) in [5.41, 5.74) is 2.05. The summed E-state index contributed by atoms with van der Waals surface area (Å²) < 4.78 is 5.13. The first-order valence-corrected chi connectivity index (χ1v) is 11.6. The van der Waals surface area contributed by atoms with E-state index in [0.29, 0.717) is 17.8 Å². The maximum atomic E-state index is 13.1. The van der Waals surface area contributed by atoms with E-state index < -0.39 is 11.9 Å². The Morgan fingerprint density at radius 3 is 2.55 bits per heavy atom. The summed E-state index contributed by atoms with van der Waals surface area (Å²) in [6, 6.07) is 15.4. The number of amides is 3. The first-order chi connectivity index (χ1) is 15.9. The fourth-order valence-electron chi connectivity index (χ4n) is 3.69. The van der Waals surface area contributed by atoms with Crippen LogP contribution in [0.15, 0.2) is 75.1 Å². The lowest BCUT2D eigenvalue weighted by Gasteiger charge is -2.23. The van der Waals surface area contributed by atoms with Crippen molar-refractivity contribution in [3.05, 3.63) is 72.2 Å². The number of carbonyl (C=O) groups excluding carboxylic acids is 3. The number of nitrogens with one attached hydrogen (secondary N) is 2. The highest BCUT2D eigenvalue weighted by Gasteiger charge is 2.28. The van der Waals surface area contributed by atoms with Crippen molar-refractivity contribution < 1.29 is 18.8 Å². The maximum Gasteiger partial charge on any atom is 0.287 e. The summed E-state index contributed by atoms with van der Waals surface area (Å²) in [6.07, 6.45) is 1.41. The molecule has 0 bridgehead atoms. The van der Waals surface area contributed by atoms with E-state index in [1.807, 2.05) is 57.2 Å². The number of carbonyl (C=O) groups is 3. The molecule has 0 radical (unpaired) electrons. The fraction of sp³-hybridized carbons (Fsp3) is 0.240. The lowest BCUT2D eigenvalue weighted by molar-refractivity contribution is -0.118. The van der Waals surface area contributed by atoms with Crippen molar-refractivity contribution in [2.45, 2.75) is 36.6 Å². The van der Waals surface area contributed by atoms with E-state index in [-0.39, 0.29) is 23.5 Å². The van der Waals surface area contributed by atoms with Crippen LogP contribution in [0.1, 0.15) is 41.7 Å². The van der Waals surface area contributed by atoms with Gasteiger partial charge in [0.05, 0.1) is 17.5 Å². The lowest BCUT2D eigenvalue weighted by atomic mass is 10.0. The van der Waals surface area contributed by atoms with Gasteiger partial charge in [-0.1, -0.05) is 37.7 Å². The normalized spacial score (nSPS) is 13.7. The van der Waals surface area contributed by atoms with Crippen LogP contribution >= 0.6 is 11.8 Å². The number of hydrogen-bond donors (Lipinski definition) is 2. The van der Waals surface area contributed by atoms with E-state index in [1.54, 1.807) is 23.1 Å². The van der Waals surface area contributed by atoms with E-state index in [2.05, 4.69) is 10.6 Å². The lowest BCUT2D eigenvalue weighted by Crippen LogP contribution is -2.47. The summed E-state index contributed by atoms with van der Waals surface area (Å²) in [6.45, 7) is 6.19. The van der Waals surface area contributed by atoms with Crippen LogP contribution in [0.3, 0.4) is 0 Å². The van der Waals surface area contributed by atoms with Gasteiger partial charge in [0, 0.05) is 22.0 Å². The molecule has 0 aliphatic carbocycles. The molecule has 0 saturated carbocycles. The first kappa shape index (κ1) is 22.7. The molecule has 0 saturated heterocycles. The number of nitrogens with zero attached hydrogens (tertiary/aromatic N) is 1. The van der Waals surface area contributed by atoms with Crippen molar-refractivity contribution in [1.29, 1.82) is 0 Å². The van der Waals surface area contributed by atoms with E-state index in [1.165, 1.54) is 18.0 Å². The van der Waals surface area contributed by atoms with Crippen LogP contribution in [0.25, 0.3) is 0 Å². The Morgan fingerprint density at radius 2 is 1.85 bits per heavy atom. The topological polar surface area (TPSA) is 91.7 Å². The van der Waals surface area contributed by atoms with Crippen LogP contribution in [-0.4, -0.2) is 30.3 Å². The highest BCUT2D eigenvalue weighted by Crippen LogP contribution is 2.42. The molecule has 4 rings (SSSR count). The largest absolute Gasteiger partial charge is 0.459 e. The molecule has 8 heteroatoms. The highest BCUT2D eigenvalue weighted by molar-refractivity contribution is 7.99. The van der Waals surface area contributed by atoms with Gasteiger partial charge in [-0.05, 0) is 55.3 Å². The molecule has 1 aliphatic heterocycles. The van der Waals surface area contributed by atoms with Crippen molar-refractivity contribution in [2.75, 3.05) is 16.8 Å². The SMILES string of the molecule is CCN1C(=O)c2ccccc2Sc2cc(NC(=O)[C@@H](NC(=O)c3ccco3)C(C)C)ccc21. The monoisotopic (exact) mass is 463 g/mol. The van der Waals surface area contributed by atoms with Crippen molar-refractivity contribution in [3.63, 3.8) is 0 Å². The average molecular weight is 464 g/mol. The Kier molecular flexibility index (Phi) is 6.55. The van der Waals surface area contributed by atoms with Gasteiger partial charge in [0.2, 0.25) is 5.91 Å². The van der Waals surface area contributed by atoms with Crippen LogP contribution in [0.5, 0.6) is 0 Å². The minimum atomic E-state index is -0.747. The number of fused-ring (bicyclic) bond motifs is 2. The van der Waals surface area contributed by atoms with Crippen molar-refractivity contribution >= 4 is 40.9 Å². The Hall–Kier alpha value is -3.52. The highest BCUT2D eigenvalue weighted by atomic mass is 32.2. The molecule has 3 amide bonds. The Balaban J connectivity index is 1.58. The summed E-state index contributed by atoms with van der Waals surface area (Å²) in [5, 5.41) is 5.65. The van der Waals surface area contributed by atoms with Crippen LogP contribution in [0, 0.1) is 5.92 Å². The molecule has 3 aromatic rings. The summed E-state index contributed by atoms with van der Waals surface area (Å²) in [4.78, 5) is 42.0. The summed E-state index contributed by atoms with van der Waals surface area (Å²) in [5.74, 6) is -0.805. The second-order valence-electron chi connectivity index (χ2n) is 7.99. The van der Waals surface area contributed by atoms with Gasteiger partial charge < -0.3 is 20.0 Å². The van der Waals surface area contributed by atoms with Crippen molar-refractivity contribution in [3.8, 4) is 0 Å². The van der Waals surface area contributed by atoms with Crippen LogP contribution in [0.4, 0.5) is 11.4 Å². The van der Waals surface area contributed by atoms with Crippen LogP contribution in [-0.2, 0) is 4.79 Å². The zero-order valence-electron chi connectivity index (χ0n) is 18.6. The number of furan rings is 1. The van der Waals surface area contributed by atoms with Crippen LogP contribution < -0.4 is 15.5 Å². The number of rotatable bonds is 6. The van der Waals surface area contributed by atoms with Gasteiger partial charge in [0.25, 0.3) is 11.8 Å². The molecular weight excluding hydrogens is 438 g/mol. The van der Waals surface area contributed by atoms with Crippen molar-refractivity contribution in [2.24, 2.45) is 5.92 Å². The van der Waals surface area contributed by atoms with E-state index in [4.69, 9.17) is 4.42 Å². The zero-order valence-corrected chi connectivity index (χ0v) is 19.4. The molecule has 0 spiro atoms.